The first-order chi connectivity index (χ1) is 11.6. The molecule has 0 saturated carbocycles. The summed E-state index contributed by atoms with van der Waals surface area (Å²) in [5, 5.41) is 20.7. The van der Waals surface area contributed by atoms with Crippen molar-refractivity contribution in [2.45, 2.75) is 19.4 Å². The number of hydrogen-bond acceptors (Lipinski definition) is 4. The third-order valence-corrected chi connectivity index (χ3v) is 3.69. The lowest BCUT2D eigenvalue weighted by Gasteiger charge is -2.12. The van der Waals surface area contributed by atoms with Crippen molar-refractivity contribution in [2.75, 3.05) is 5.32 Å². The van der Waals surface area contributed by atoms with E-state index in [9.17, 15) is 9.90 Å². The average molecular weight is 322 g/mol. The van der Waals surface area contributed by atoms with Gasteiger partial charge in [-0.25, -0.2) is 0 Å². The highest BCUT2D eigenvalue weighted by atomic mass is 16.3. The second kappa shape index (κ2) is 7.06. The maximum Gasteiger partial charge on any atom is 0.227 e. The predicted molar refractivity (Wildman–Crippen MR) is 90.7 cm³/mol. The van der Waals surface area contributed by atoms with Crippen LogP contribution in [0, 0.1) is 6.92 Å². The van der Waals surface area contributed by atoms with Crippen LogP contribution in [0.4, 0.5) is 5.69 Å². The molecule has 3 aromatic rings. The molecule has 1 heterocycles. The number of carbonyl (C=O) groups is 1. The fraction of sp³-hybridized carbons (Fsp3) is 0.167. The van der Waals surface area contributed by atoms with Crippen molar-refractivity contribution < 1.29 is 9.90 Å². The lowest BCUT2D eigenvalue weighted by Crippen LogP contribution is -2.15. The van der Waals surface area contributed by atoms with Crippen molar-refractivity contribution in [1.82, 2.24) is 14.8 Å². The molecule has 0 fully saturated rings. The third kappa shape index (κ3) is 3.67. The van der Waals surface area contributed by atoms with Crippen LogP contribution in [0.5, 0.6) is 0 Å². The quantitative estimate of drug-likeness (QED) is 0.757. The topological polar surface area (TPSA) is 80.0 Å². The zero-order chi connectivity index (χ0) is 16.9. The largest absolute Gasteiger partial charge is 0.388 e. The minimum absolute atomic E-state index is 0.0000995. The molecule has 6 heteroatoms. The number of nitrogens with one attached hydrogen (secondary N) is 1. The molecule has 0 radical (unpaired) electrons. The summed E-state index contributed by atoms with van der Waals surface area (Å²) in [6, 6.07) is 16.5. The minimum atomic E-state index is -0.825. The van der Waals surface area contributed by atoms with Crippen LogP contribution in [-0.4, -0.2) is 25.8 Å². The smallest absolute Gasteiger partial charge is 0.227 e. The van der Waals surface area contributed by atoms with Crippen LogP contribution >= 0.6 is 0 Å². The van der Waals surface area contributed by atoms with Crippen molar-refractivity contribution in [3.63, 3.8) is 0 Å². The Morgan fingerprint density at radius 2 is 2.00 bits per heavy atom. The number of aliphatic hydroxyl groups excluding tert-OH is 1. The number of carbonyl (C=O) groups excluding carboxylic acids is 1. The summed E-state index contributed by atoms with van der Waals surface area (Å²) in [6.45, 7) is 1.86. The van der Waals surface area contributed by atoms with Gasteiger partial charge in [0.1, 0.15) is 12.2 Å². The van der Waals surface area contributed by atoms with E-state index in [1.807, 2.05) is 47.9 Å². The van der Waals surface area contributed by atoms with E-state index in [0.717, 1.165) is 17.1 Å². The number of hydrogen-bond donors (Lipinski definition) is 2. The Labute approximate surface area is 139 Å². The SMILES string of the molecule is Cc1nncn1-c1cccc(NC(=O)CC(O)c2ccccc2)c1. The average Bonchev–Trinajstić information content (AvgIpc) is 3.02. The fourth-order valence-corrected chi connectivity index (χ4v) is 2.46. The van der Waals surface area contributed by atoms with Gasteiger partial charge in [0, 0.05) is 5.69 Å². The van der Waals surface area contributed by atoms with Crippen molar-refractivity contribution in [2.24, 2.45) is 0 Å². The van der Waals surface area contributed by atoms with Gasteiger partial charge in [-0.3, -0.25) is 9.36 Å². The van der Waals surface area contributed by atoms with Gasteiger partial charge in [-0.15, -0.1) is 10.2 Å². The van der Waals surface area contributed by atoms with Gasteiger partial charge in [-0.1, -0.05) is 36.4 Å². The monoisotopic (exact) mass is 322 g/mol. The molecule has 1 atom stereocenters. The summed E-state index contributed by atoms with van der Waals surface area (Å²) >= 11 is 0. The number of rotatable bonds is 5. The third-order valence-electron chi connectivity index (χ3n) is 3.69. The Morgan fingerprint density at radius 3 is 2.71 bits per heavy atom. The van der Waals surface area contributed by atoms with Crippen molar-refractivity contribution in [3.8, 4) is 5.69 Å². The molecule has 1 amide bonds. The fourth-order valence-electron chi connectivity index (χ4n) is 2.46. The number of nitrogens with zero attached hydrogens (tertiary/aromatic N) is 3. The van der Waals surface area contributed by atoms with E-state index in [2.05, 4.69) is 15.5 Å². The first-order valence-corrected chi connectivity index (χ1v) is 7.63. The van der Waals surface area contributed by atoms with Gasteiger partial charge in [0.2, 0.25) is 5.91 Å². The Kier molecular flexibility index (Phi) is 4.67. The number of anilines is 1. The highest BCUT2D eigenvalue weighted by Crippen LogP contribution is 2.19. The molecule has 1 aromatic heterocycles. The maximum absolute atomic E-state index is 12.2. The first-order valence-electron chi connectivity index (χ1n) is 7.63. The van der Waals surface area contributed by atoms with E-state index in [0.29, 0.717) is 5.69 Å². The standard InChI is InChI=1S/C18H18N4O2/c1-13-21-19-12-22(13)16-9-5-8-15(10-16)20-18(24)11-17(23)14-6-3-2-4-7-14/h2-10,12,17,23H,11H2,1H3,(H,20,24). The van der Waals surface area contributed by atoms with E-state index in [1.54, 1.807) is 24.5 Å². The van der Waals surface area contributed by atoms with Crippen LogP contribution in [0.3, 0.4) is 0 Å². The Morgan fingerprint density at radius 1 is 1.21 bits per heavy atom. The van der Waals surface area contributed by atoms with Crippen LogP contribution in [0.1, 0.15) is 23.9 Å². The molecule has 2 N–H and O–H groups in total. The van der Waals surface area contributed by atoms with E-state index in [4.69, 9.17) is 0 Å². The summed E-state index contributed by atoms with van der Waals surface area (Å²) in [4.78, 5) is 12.2. The van der Waals surface area contributed by atoms with Gasteiger partial charge < -0.3 is 10.4 Å². The molecular formula is C18H18N4O2. The molecule has 0 bridgehead atoms. The summed E-state index contributed by atoms with van der Waals surface area (Å²) in [5.74, 6) is 0.516. The van der Waals surface area contributed by atoms with Gasteiger partial charge in [0.05, 0.1) is 18.2 Å². The number of amides is 1. The Balaban J connectivity index is 1.68. The molecule has 6 nitrogen and oxygen atoms in total. The number of aliphatic hydroxyl groups is 1. The normalized spacial score (nSPS) is 11.9. The number of aromatic nitrogens is 3. The summed E-state index contributed by atoms with van der Waals surface area (Å²) in [6.07, 6.45) is 0.796. The molecule has 0 aliphatic carbocycles. The van der Waals surface area contributed by atoms with Crippen LogP contribution < -0.4 is 5.32 Å². The summed E-state index contributed by atoms with van der Waals surface area (Å²) < 4.78 is 1.83. The first kappa shape index (κ1) is 15.9. The number of benzene rings is 2. The van der Waals surface area contributed by atoms with Gasteiger partial charge in [0.25, 0.3) is 0 Å². The molecule has 0 saturated heterocycles. The molecule has 0 aliphatic rings. The molecule has 122 valence electrons. The zero-order valence-electron chi connectivity index (χ0n) is 13.3. The van der Waals surface area contributed by atoms with Gasteiger partial charge in [-0.2, -0.15) is 0 Å². The highest BCUT2D eigenvalue weighted by molar-refractivity contribution is 5.91. The Hall–Kier alpha value is -2.99. The molecule has 2 aromatic carbocycles. The lowest BCUT2D eigenvalue weighted by atomic mass is 10.1. The molecule has 0 aliphatic heterocycles. The van der Waals surface area contributed by atoms with E-state index < -0.39 is 6.10 Å². The van der Waals surface area contributed by atoms with Crippen LogP contribution in [0.2, 0.25) is 0 Å². The second-order valence-electron chi connectivity index (χ2n) is 5.48. The molecule has 3 rings (SSSR count). The van der Waals surface area contributed by atoms with Crippen LogP contribution in [0.25, 0.3) is 5.69 Å². The molecule has 24 heavy (non-hydrogen) atoms. The van der Waals surface area contributed by atoms with E-state index in [1.165, 1.54) is 0 Å². The van der Waals surface area contributed by atoms with Crippen LogP contribution in [0.15, 0.2) is 60.9 Å². The van der Waals surface area contributed by atoms with Gasteiger partial charge in [0.15, 0.2) is 0 Å². The second-order valence-corrected chi connectivity index (χ2v) is 5.48. The molecule has 1 unspecified atom stereocenters. The van der Waals surface area contributed by atoms with Crippen LogP contribution in [-0.2, 0) is 4.79 Å². The van der Waals surface area contributed by atoms with Crippen molar-refractivity contribution >= 4 is 11.6 Å². The molecular weight excluding hydrogens is 304 g/mol. The van der Waals surface area contributed by atoms with Crippen molar-refractivity contribution in [1.29, 1.82) is 0 Å². The van der Waals surface area contributed by atoms with Crippen molar-refractivity contribution in [3.05, 3.63) is 72.3 Å². The highest BCUT2D eigenvalue weighted by Gasteiger charge is 2.13. The summed E-state index contributed by atoms with van der Waals surface area (Å²) in [5.41, 5.74) is 2.24. The van der Waals surface area contributed by atoms with E-state index in [-0.39, 0.29) is 12.3 Å². The predicted octanol–water partition coefficient (Wildman–Crippen LogP) is 2.64. The maximum atomic E-state index is 12.2. The van der Waals surface area contributed by atoms with E-state index >= 15 is 0 Å². The zero-order valence-corrected chi connectivity index (χ0v) is 13.3. The summed E-state index contributed by atoms with van der Waals surface area (Å²) in [7, 11) is 0. The van der Waals surface area contributed by atoms with Gasteiger partial charge in [-0.05, 0) is 30.7 Å². The van der Waals surface area contributed by atoms with Gasteiger partial charge >= 0.3 is 0 Å². The minimum Gasteiger partial charge on any atom is -0.388 e. The Bertz CT molecular complexity index is 830. The lowest BCUT2D eigenvalue weighted by molar-refractivity contribution is -0.118. The number of aryl methyl sites for hydroxylation is 1. The molecule has 0 spiro atoms.